The van der Waals surface area contributed by atoms with Gasteiger partial charge in [-0.05, 0) is 57.5 Å². The Morgan fingerprint density at radius 1 is 0.921 bits per heavy atom. The van der Waals surface area contributed by atoms with Crippen LogP contribution in [0.5, 0.6) is 0 Å². The summed E-state index contributed by atoms with van der Waals surface area (Å²) in [6.07, 6.45) is 0. The number of fused-ring (bicyclic) bond motifs is 2. The predicted octanol–water partition coefficient (Wildman–Crippen LogP) is 4.15. The third kappa shape index (κ3) is 5.34. The average Bonchev–Trinajstić information content (AvgIpc) is 2.95. The SMILES string of the molecule is CCN(CC)c1ccc2c(-c3ccccc3C(=O)NCC(=O)CO)c3ccc(=[N+](CC)CC)cc-3oc2c1. The highest BCUT2D eigenvalue weighted by atomic mass is 16.3. The van der Waals surface area contributed by atoms with Crippen molar-refractivity contribution in [3.8, 4) is 22.5 Å². The summed E-state index contributed by atoms with van der Waals surface area (Å²) in [5.74, 6) is -0.0820. The number of rotatable bonds is 10. The molecule has 1 aliphatic heterocycles. The van der Waals surface area contributed by atoms with Gasteiger partial charge in [-0.15, -0.1) is 0 Å². The predicted molar refractivity (Wildman–Crippen MR) is 153 cm³/mol. The molecule has 0 radical (unpaired) electrons. The fraction of sp³-hybridized carbons (Fsp3) is 0.323. The molecule has 1 amide bonds. The van der Waals surface area contributed by atoms with Crippen LogP contribution in [0.15, 0.2) is 65.1 Å². The summed E-state index contributed by atoms with van der Waals surface area (Å²) < 4.78 is 8.80. The van der Waals surface area contributed by atoms with Crippen LogP contribution in [0.3, 0.4) is 0 Å². The summed E-state index contributed by atoms with van der Waals surface area (Å²) >= 11 is 0. The van der Waals surface area contributed by atoms with E-state index in [0.29, 0.717) is 5.56 Å². The number of Topliss-reactive ketones (excluding diaryl/α,β-unsaturated/α-hetero) is 1. The number of carbonyl (C=O) groups is 2. The molecule has 38 heavy (non-hydrogen) atoms. The van der Waals surface area contributed by atoms with E-state index in [-0.39, 0.29) is 12.5 Å². The molecule has 0 bridgehead atoms. The lowest BCUT2D eigenvalue weighted by Crippen LogP contribution is -2.31. The largest absolute Gasteiger partial charge is 0.456 e. The number of carbonyl (C=O) groups excluding carboxylic acids is 2. The van der Waals surface area contributed by atoms with E-state index in [1.54, 1.807) is 12.1 Å². The van der Waals surface area contributed by atoms with E-state index < -0.39 is 12.4 Å². The van der Waals surface area contributed by atoms with Gasteiger partial charge in [0.05, 0.1) is 12.6 Å². The second-order valence-electron chi connectivity index (χ2n) is 9.11. The monoisotopic (exact) mass is 514 g/mol. The van der Waals surface area contributed by atoms with Crippen LogP contribution in [0.2, 0.25) is 0 Å². The van der Waals surface area contributed by atoms with Gasteiger partial charge in [-0.3, -0.25) is 9.59 Å². The number of aliphatic hydroxyl groups is 1. The molecule has 198 valence electrons. The maximum atomic E-state index is 13.2. The molecule has 2 N–H and O–H groups in total. The topological polar surface area (TPSA) is 85.8 Å². The number of anilines is 1. The van der Waals surface area contributed by atoms with Crippen molar-refractivity contribution in [2.75, 3.05) is 44.2 Å². The first-order valence-corrected chi connectivity index (χ1v) is 13.3. The molecule has 0 saturated carbocycles. The van der Waals surface area contributed by atoms with E-state index >= 15 is 0 Å². The maximum Gasteiger partial charge on any atom is 0.252 e. The Bertz CT molecular complexity index is 1490. The van der Waals surface area contributed by atoms with Crippen molar-refractivity contribution in [1.82, 2.24) is 9.89 Å². The first kappa shape index (κ1) is 27.1. The Morgan fingerprint density at radius 3 is 2.34 bits per heavy atom. The first-order chi connectivity index (χ1) is 18.4. The number of nitrogens with zero attached hydrogens (tertiary/aromatic N) is 2. The number of hydrogen-bond acceptors (Lipinski definition) is 5. The molecule has 0 saturated heterocycles. The summed E-state index contributed by atoms with van der Waals surface area (Å²) in [7, 11) is 0. The minimum atomic E-state index is -0.610. The van der Waals surface area contributed by atoms with Gasteiger partial charge in [-0.25, -0.2) is 4.58 Å². The Hall–Kier alpha value is -3.97. The highest BCUT2D eigenvalue weighted by Gasteiger charge is 2.23. The van der Waals surface area contributed by atoms with E-state index in [2.05, 4.69) is 78.9 Å². The molecule has 1 heterocycles. The molecule has 4 rings (SSSR count). The number of ketones is 1. The second kappa shape index (κ2) is 12.0. The van der Waals surface area contributed by atoms with Gasteiger partial charge in [0.1, 0.15) is 31.0 Å². The van der Waals surface area contributed by atoms with Crippen molar-refractivity contribution in [3.63, 3.8) is 0 Å². The molecular weight excluding hydrogens is 478 g/mol. The number of hydrogen-bond donors (Lipinski definition) is 2. The third-order valence-electron chi connectivity index (χ3n) is 7.01. The molecule has 1 aliphatic carbocycles. The number of nitrogens with one attached hydrogen (secondary N) is 1. The first-order valence-electron chi connectivity index (χ1n) is 13.3. The van der Waals surface area contributed by atoms with Crippen molar-refractivity contribution in [2.45, 2.75) is 27.7 Å². The Kier molecular flexibility index (Phi) is 8.59. The van der Waals surface area contributed by atoms with Crippen LogP contribution in [0.25, 0.3) is 33.4 Å². The van der Waals surface area contributed by atoms with E-state index in [1.165, 1.54) is 0 Å². The molecule has 2 aromatic rings. The molecule has 0 atom stereocenters. The molecular formula is C31H36N3O4+. The zero-order valence-corrected chi connectivity index (χ0v) is 22.6. The van der Waals surface area contributed by atoms with Gasteiger partial charge in [0, 0.05) is 53.0 Å². The molecule has 0 aromatic heterocycles. The van der Waals surface area contributed by atoms with Gasteiger partial charge in [0.2, 0.25) is 5.36 Å². The molecule has 2 aliphatic rings. The number of aliphatic hydroxyl groups excluding tert-OH is 1. The summed E-state index contributed by atoms with van der Waals surface area (Å²) in [5, 5.41) is 13.7. The van der Waals surface area contributed by atoms with Crippen LogP contribution in [-0.4, -0.2) is 56.1 Å². The van der Waals surface area contributed by atoms with Crippen molar-refractivity contribution in [2.24, 2.45) is 0 Å². The van der Waals surface area contributed by atoms with Crippen molar-refractivity contribution in [3.05, 3.63) is 71.6 Å². The van der Waals surface area contributed by atoms with E-state index in [4.69, 9.17) is 9.52 Å². The van der Waals surface area contributed by atoms with Gasteiger partial charge in [0.25, 0.3) is 5.91 Å². The number of benzene rings is 3. The normalized spacial score (nSPS) is 11.1. The molecule has 7 heteroatoms. The number of amides is 1. The quantitative estimate of drug-likeness (QED) is 0.245. The fourth-order valence-electron chi connectivity index (χ4n) is 4.96. The van der Waals surface area contributed by atoms with Crippen LogP contribution in [0, 0.1) is 0 Å². The smallest absolute Gasteiger partial charge is 0.252 e. The van der Waals surface area contributed by atoms with Crippen LogP contribution in [0.4, 0.5) is 5.69 Å². The highest BCUT2D eigenvalue weighted by molar-refractivity contribution is 6.09. The Labute approximate surface area is 223 Å². The van der Waals surface area contributed by atoms with E-state index in [0.717, 1.165) is 70.6 Å². The lowest BCUT2D eigenvalue weighted by Gasteiger charge is -2.22. The molecule has 2 aromatic carbocycles. The minimum Gasteiger partial charge on any atom is -0.456 e. The zero-order valence-electron chi connectivity index (χ0n) is 22.6. The van der Waals surface area contributed by atoms with Crippen LogP contribution in [0.1, 0.15) is 38.1 Å². The van der Waals surface area contributed by atoms with Crippen molar-refractivity contribution in [1.29, 1.82) is 0 Å². The molecule has 0 spiro atoms. The highest BCUT2D eigenvalue weighted by Crippen LogP contribution is 2.42. The Balaban J connectivity index is 2.02. The van der Waals surface area contributed by atoms with Crippen molar-refractivity contribution >= 4 is 28.3 Å². The van der Waals surface area contributed by atoms with Gasteiger partial charge in [0.15, 0.2) is 5.78 Å². The van der Waals surface area contributed by atoms with Gasteiger partial charge in [-0.1, -0.05) is 18.2 Å². The maximum absolute atomic E-state index is 13.2. The summed E-state index contributed by atoms with van der Waals surface area (Å²) in [6, 6.07) is 19.8. The molecule has 0 unspecified atom stereocenters. The van der Waals surface area contributed by atoms with Crippen molar-refractivity contribution < 1.29 is 19.1 Å². The average molecular weight is 515 g/mol. The van der Waals surface area contributed by atoms with Gasteiger partial charge >= 0.3 is 0 Å². The molecule has 7 nitrogen and oxygen atoms in total. The summed E-state index contributed by atoms with van der Waals surface area (Å²) in [4.78, 5) is 27.1. The Morgan fingerprint density at radius 2 is 1.66 bits per heavy atom. The fourth-order valence-corrected chi connectivity index (χ4v) is 4.96. The summed E-state index contributed by atoms with van der Waals surface area (Å²) in [5.41, 5.74) is 4.81. The standard InChI is InChI=1S/C31H35N3O4/c1-5-33(6-2)21-13-15-26-28(17-21)38-29-18-22(34(7-3)8-4)14-16-27(29)30(26)24-11-9-10-12-25(24)31(37)32-19-23(36)20-35/h9-18,35H,5-8,19-20H2,1-4H3/p+1. The lowest BCUT2D eigenvalue weighted by atomic mass is 9.90. The van der Waals surface area contributed by atoms with E-state index in [9.17, 15) is 9.59 Å². The minimum absolute atomic E-state index is 0.226. The van der Waals surface area contributed by atoms with Crippen LogP contribution < -0.4 is 20.1 Å². The lowest BCUT2D eigenvalue weighted by molar-refractivity contribution is -0.120. The van der Waals surface area contributed by atoms with Crippen LogP contribution >= 0.6 is 0 Å². The zero-order chi connectivity index (χ0) is 27.2. The van der Waals surface area contributed by atoms with Gasteiger partial charge < -0.3 is 19.7 Å². The molecule has 0 fully saturated rings. The second-order valence-corrected chi connectivity index (χ2v) is 9.11. The van der Waals surface area contributed by atoms with E-state index in [1.807, 2.05) is 12.1 Å². The third-order valence-corrected chi connectivity index (χ3v) is 7.01. The van der Waals surface area contributed by atoms with Gasteiger partial charge in [-0.2, -0.15) is 0 Å². The summed E-state index contributed by atoms with van der Waals surface area (Å²) in [6.45, 7) is 11.2. The van der Waals surface area contributed by atoms with Crippen LogP contribution in [-0.2, 0) is 4.79 Å².